The molecule has 0 aromatic heterocycles. The van der Waals surface area contributed by atoms with Crippen LogP contribution in [0.1, 0.15) is 52.7 Å². The molecule has 1 aliphatic heterocycles. The molecule has 6 nitrogen and oxygen atoms in total. The molecule has 1 aliphatic rings. The van der Waals surface area contributed by atoms with Crippen molar-refractivity contribution in [1.29, 1.82) is 0 Å². The van der Waals surface area contributed by atoms with E-state index < -0.39 is 12.0 Å². The Kier molecular flexibility index (Phi) is 8.18. The smallest absolute Gasteiger partial charge is 0.320 e. The van der Waals surface area contributed by atoms with Crippen LogP contribution in [0.2, 0.25) is 0 Å². The highest BCUT2D eigenvalue weighted by atomic mass is 16.5. The number of carbonyl (C=O) groups is 2. The lowest BCUT2D eigenvalue weighted by Gasteiger charge is -2.26. The van der Waals surface area contributed by atoms with Crippen molar-refractivity contribution in [2.75, 3.05) is 19.8 Å². The first-order valence-electron chi connectivity index (χ1n) is 12.5. The molecule has 36 heavy (non-hydrogen) atoms. The van der Waals surface area contributed by atoms with E-state index in [0.29, 0.717) is 23.9 Å². The lowest BCUT2D eigenvalue weighted by atomic mass is 9.87. The summed E-state index contributed by atoms with van der Waals surface area (Å²) in [5.41, 5.74) is 11.8. The summed E-state index contributed by atoms with van der Waals surface area (Å²) >= 11 is 0. The van der Waals surface area contributed by atoms with Gasteiger partial charge in [-0.2, -0.15) is 0 Å². The number of carboxylic acid groups (broad SMARTS) is 1. The zero-order valence-corrected chi connectivity index (χ0v) is 20.8. The average molecular weight is 487 g/mol. The number of carboxylic acids is 1. The van der Waals surface area contributed by atoms with E-state index in [0.717, 1.165) is 18.8 Å². The molecule has 3 aromatic rings. The molecule has 1 fully saturated rings. The summed E-state index contributed by atoms with van der Waals surface area (Å²) in [5.74, 6) is -0.140. The number of rotatable bonds is 10. The number of hydrogen-bond donors (Lipinski definition) is 3. The minimum atomic E-state index is -1.04. The van der Waals surface area contributed by atoms with Crippen LogP contribution in [0.4, 0.5) is 0 Å². The fourth-order valence-electron chi connectivity index (χ4n) is 4.48. The van der Waals surface area contributed by atoms with E-state index in [4.69, 9.17) is 15.6 Å². The zero-order valence-electron chi connectivity index (χ0n) is 20.8. The first-order chi connectivity index (χ1) is 17.3. The van der Waals surface area contributed by atoms with Crippen molar-refractivity contribution in [3.05, 3.63) is 95.1 Å². The second-order valence-corrected chi connectivity index (χ2v) is 9.88. The van der Waals surface area contributed by atoms with Gasteiger partial charge in [-0.05, 0) is 52.3 Å². The van der Waals surface area contributed by atoms with Crippen LogP contribution in [0, 0.1) is 5.92 Å². The Morgan fingerprint density at radius 2 is 1.53 bits per heavy atom. The lowest BCUT2D eigenvalue weighted by molar-refractivity contribution is -0.138. The van der Waals surface area contributed by atoms with Crippen LogP contribution in [0.25, 0.3) is 11.1 Å². The predicted octanol–water partition coefficient (Wildman–Crippen LogP) is 4.59. The van der Waals surface area contributed by atoms with Crippen molar-refractivity contribution < 1.29 is 19.4 Å². The number of benzene rings is 3. The van der Waals surface area contributed by atoms with Gasteiger partial charge in [-0.3, -0.25) is 9.59 Å². The Morgan fingerprint density at radius 3 is 2.03 bits per heavy atom. The number of carbonyl (C=O) groups excluding carboxylic acids is 1. The third-order valence-electron chi connectivity index (χ3n) is 6.97. The van der Waals surface area contributed by atoms with E-state index in [1.165, 1.54) is 22.3 Å². The summed E-state index contributed by atoms with van der Waals surface area (Å²) in [6.07, 6.45) is 0.224. The quantitative estimate of drug-likeness (QED) is 0.389. The maximum atomic E-state index is 12.7. The highest BCUT2D eigenvalue weighted by Crippen LogP contribution is 2.29. The van der Waals surface area contributed by atoms with E-state index in [9.17, 15) is 9.59 Å². The van der Waals surface area contributed by atoms with Gasteiger partial charge in [0.25, 0.3) is 5.91 Å². The van der Waals surface area contributed by atoms with Crippen molar-refractivity contribution >= 4 is 11.9 Å². The van der Waals surface area contributed by atoms with Crippen LogP contribution in [0.3, 0.4) is 0 Å². The Morgan fingerprint density at radius 1 is 0.944 bits per heavy atom. The summed E-state index contributed by atoms with van der Waals surface area (Å²) in [7, 11) is 0. The fourth-order valence-corrected chi connectivity index (χ4v) is 4.48. The van der Waals surface area contributed by atoms with E-state index in [1.807, 2.05) is 0 Å². The van der Waals surface area contributed by atoms with E-state index in [1.54, 1.807) is 24.3 Å². The molecule has 1 saturated heterocycles. The Labute approximate surface area is 212 Å². The molecule has 0 unspecified atom stereocenters. The van der Waals surface area contributed by atoms with Crippen LogP contribution in [0.5, 0.6) is 0 Å². The summed E-state index contributed by atoms with van der Waals surface area (Å²) < 4.78 is 5.29. The second kappa shape index (κ2) is 11.5. The van der Waals surface area contributed by atoms with E-state index >= 15 is 0 Å². The van der Waals surface area contributed by atoms with Crippen LogP contribution in [-0.4, -0.2) is 42.8 Å². The van der Waals surface area contributed by atoms with Gasteiger partial charge in [0.1, 0.15) is 6.04 Å². The molecular weight excluding hydrogens is 452 g/mol. The normalized spacial score (nSPS) is 15.2. The minimum Gasteiger partial charge on any atom is -0.480 e. The lowest BCUT2D eigenvalue weighted by Crippen LogP contribution is -2.32. The summed E-state index contributed by atoms with van der Waals surface area (Å²) in [6.45, 7) is 6.48. The summed E-state index contributed by atoms with van der Waals surface area (Å²) in [4.78, 5) is 23.7. The van der Waals surface area contributed by atoms with Gasteiger partial charge in [-0.1, -0.05) is 74.5 Å². The molecule has 0 bridgehead atoms. The molecule has 6 heteroatoms. The molecular formula is C30H34N2O4. The van der Waals surface area contributed by atoms with Gasteiger partial charge in [-0.15, -0.1) is 0 Å². The fraction of sp³-hybridized carbons (Fsp3) is 0.333. The predicted molar refractivity (Wildman–Crippen MR) is 141 cm³/mol. The topological polar surface area (TPSA) is 102 Å². The average Bonchev–Trinajstić information content (AvgIpc) is 2.84. The molecule has 188 valence electrons. The SMILES string of the molecule is CC(C)[C@@H](CNC(=O)c1ccc(C[C@H](N)C(=O)O)cc1)c1ccc(-c2ccc(C3COC3)cc2)cc1. The molecule has 0 spiro atoms. The highest BCUT2D eigenvalue weighted by Gasteiger charge is 2.21. The van der Waals surface area contributed by atoms with Crippen molar-refractivity contribution in [2.24, 2.45) is 11.7 Å². The molecule has 4 N–H and O–H groups in total. The Hall–Kier alpha value is -3.48. The van der Waals surface area contributed by atoms with Crippen molar-refractivity contribution in [1.82, 2.24) is 5.32 Å². The van der Waals surface area contributed by atoms with Gasteiger partial charge in [0.2, 0.25) is 0 Å². The summed E-state index contributed by atoms with van der Waals surface area (Å²) in [5, 5.41) is 12.0. The third-order valence-corrected chi connectivity index (χ3v) is 6.97. The van der Waals surface area contributed by atoms with Crippen LogP contribution < -0.4 is 11.1 Å². The van der Waals surface area contributed by atoms with Gasteiger partial charge in [0, 0.05) is 23.9 Å². The second-order valence-electron chi connectivity index (χ2n) is 9.88. The number of ether oxygens (including phenoxy) is 1. The van der Waals surface area contributed by atoms with Gasteiger partial charge in [0.05, 0.1) is 13.2 Å². The molecule has 1 heterocycles. The highest BCUT2D eigenvalue weighted by molar-refractivity contribution is 5.94. The van der Waals surface area contributed by atoms with Gasteiger partial charge < -0.3 is 20.9 Å². The van der Waals surface area contributed by atoms with Crippen molar-refractivity contribution in [3.63, 3.8) is 0 Å². The first-order valence-corrected chi connectivity index (χ1v) is 12.5. The molecule has 2 atom stereocenters. The van der Waals surface area contributed by atoms with Crippen molar-refractivity contribution in [2.45, 2.75) is 38.1 Å². The Balaban J connectivity index is 1.36. The van der Waals surface area contributed by atoms with E-state index in [2.05, 4.69) is 67.7 Å². The molecule has 1 amide bonds. The monoisotopic (exact) mass is 486 g/mol. The zero-order chi connectivity index (χ0) is 25.7. The maximum absolute atomic E-state index is 12.7. The number of hydrogen-bond acceptors (Lipinski definition) is 4. The maximum Gasteiger partial charge on any atom is 0.320 e. The minimum absolute atomic E-state index is 0.150. The van der Waals surface area contributed by atoms with Crippen molar-refractivity contribution in [3.8, 4) is 11.1 Å². The number of nitrogens with one attached hydrogen (secondary N) is 1. The van der Waals surface area contributed by atoms with Gasteiger partial charge in [-0.25, -0.2) is 0 Å². The Bertz CT molecular complexity index is 1170. The van der Waals surface area contributed by atoms with Crippen LogP contribution in [-0.2, 0) is 16.0 Å². The van der Waals surface area contributed by atoms with Gasteiger partial charge >= 0.3 is 5.97 Å². The molecule has 0 aliphatic carbocycles. The van der Waals surface area contributed by atoms with E-state index in [-0.39, 0.29) is 18.2 Å². The molecule has 0 saturated carbocycles. The third kappa shape index (κ3) is 6.20. The molecule has 0 radical (unpaired) electrons. The largest absolute Gasteiger partial charge is 0.480 e. The number of nitrogens with two attached hydrogens (primary N) is 1. The molecule has 3 aromatic carbocycles. The van der Waals surface area contributed by atoms with Gasteiger partial charge in [0.15, 0.2) is 0 Å². The standard InChI is InChI=1S/C30H34N2O4/c1-19(2)27(16-32-29(33)25-5-3-20(4-6-25)15-28(31)30(34)35)24-13-11-22(12-14-24)21-7-9-23(10-8-21)26-17-36-18-26/h3-14,19,26-28H,15-18,31H2,1-2H3,(H,32,33)(H,34,35)/t27-,28+/m1/s1. The number of aliphatic carboxylic acids is 1. The van der Waals surface area contributed by atoms with Crippen LogP contribution in [0.15, 0.2) is 72.8 Å². The summed E-state index contributed by atoms with van der Waals surface area (Å²) in [6, 6.07) is 23.3. The first kappa shape index (κ1) is 25.6. The van der Waals surface area contributed by atoms with Crippen LogP contribution >= 0.6 is 0 Å². The number of amides is 1. The molecule has 4 rings (SSSR count).